The molecule has 0 bridgehead atoms. The van der Waals surface area contributed by atoms with E-state index >= 15 is 0 Å². The number of rotatable bonds is 7. The average Bonchev–Trinajstić information content (AvgIpc) is 3.11. The number of quaternary nitrogens is 1. The first-order valence-corrected chi connectivity index (χ1v) is 8.35. The van der Waals surface area contributed by atoms with Crippen LogP contribution in [0.25, 0.3) is 6.08 Å². The molecule has 0 fully saturated rings. The Hall–Kier alpha value is -2.57. The number of nitriles is 1. The molecule has 0 aliphatic rings. The van der Waals surface area contributed by atoms with Gasteiger partial charge in [0, 0.05) is 6.07 Å². The van der Waals surface area contributed by atoms with Gasteiger partial charge in [-0.3, -0.25) is 0 Å². The van der Waals surface area contributed by atoms with Crippen molar-refractivity contribution >= 4 is 29.5 Å². The topological polar surface area (TPSA) is 111 Å². The molecule has 2 aromatic rings. The number of hydrogen-bond acceptors (Lipinski definition) is 7. The van der Waals surface area contributed by atoms with Crippen molar-refractivity contribution in [3.05, 3.63) is 58.7 Å². The second kappa shape index (κ2) is 9.05. The van der Waals surface area contributed by atoms with Gasteiger partial charge >= 0.3 is 5.97 Å². The van der Waals surface area contributed by atoms with Crippen LogP contribution in [0.5, 0.6) is 0 Å². The van der Waals surface area contributed by atoms with E-state index in [1.807, 2.05) is 6.07 Å². The van der Waals surface area contributed by atoms with Crippen molar-refractivity contribution < 1.29 is 24.4 Å². The lowest BCUT2D eigenvalue weighted by Gasteiger charge is -2.15. The van der Waals surface area contributed by atoms with E-state index < -0.39 is 11.2 Å². The van der Waals surface area contributed by atoms with Gasteiger partial charge in [0.25, 0.3) is 0 Å². The number of carbonyl (C=O) groups is 1. The van der Waals surface area contributed by atoms with E-state index in [4.69, 9.17) is 14.4 Å². The van der Waals surface area contributed by atoms with Crippen LogP contribution in [0.2, 0.25) is 0 Å². The van der Waals surface area contributed by atoms with E-state index in [-0.39, 0.29) is 17.9 Å². The third-order valence-electron chi connectivity index (χ3n) is 3.11. The maximum Gasteiger partial charge on any atom is 0.348 e. The summed E-state index contributed by atoms with van der Waals surface area (Å²) >= 11 is 1.33. The summed E-state index contributed by atoms with van der Waals surface area (Å²) in [7, 11) is 0. The third-order valence-corrected chi connectivity index (χ3v) is 4.21. The summed E-state index contributed by atoms with van der Waals surface area (Å²) in [5, 5.41) is 28.9. The number of benzene rings is 1. The summed E-state index contributed by atoms with van der Waals surface area (Å²) in [5.41, 5.74) is 0.338. The third kappa shape index (κ3) is 5.20. The fourth-order valence-electron chi connectivity index (χ4n) is 1.99. The molecule has 0 aliphatic heterocycles. The maximum absolute atomic E-state index is 11.7. The monoisotopic (exact) mass is 360 g/mol. The molecule has 0 saturated heterocycles. The van der Waals surface area contributed by atoms with Gasteiger partial charge in [0.2, 0.25) is 0 Å². The van der Waals surface area contributed by atoms with Crippen LogP contribution in [0.4, 0.5) is 5.69 Å². The number of ether oxygens (including phenoxy) is 1. The van der Waals surface area contributed by atoms with E-state index in [0.29, 0.717) is 16.2 Å². The molecule has 0 spiro atoms. The Morgan fingerprint density at radius 2 is 2.32 bits per heavy atom. The van der Waals surface area contributed by atoms with Crippen LogP contribution in [0.1, 0.15) is 18.2 Å². The Bertz CT molecular complexity index is 794. The number of esters is 1. The Labute approximate surface area is 148 Å². The number of nitrogens with one attached hydrogen (secondary N) is 1. The van der Waals surface area contributed by atoms with Gasteiger partial charge in [0.15, 0.2) is 5.69 Å². The molecule has 1 aromatic carbocycles. The molecule has 130 valence electrons. The van der Waals surface area contributed by atoms with Gasteiger partial charge in [-0.1, -0.05) is 6.07 Å². The van der Waals surface area contributed by atoms with Crippen LogP contribution in [-0.2, 0) is 15.3 Å². The Morgan fingerprint density at radius 3 is 2.92 bits per heavy atom. The van der Waals surface area contributed by atoms with E-state index in [9.17, 15) is 15.2 Å². The minimum absolute atomic E-state index is 0.0893. The molecule has 1 heterocycles. The van der Waals surface area contributed by atoms with Crippen molar-refractivity contribution in [2.24, 2.45) is 0 Å². The molecular formula is C17H16N2O5S. The second-order valence-electron chi connectivity index (χ2n) is 4.82. The van der Waals surface area contributed by atoms with Crippen molar-refractivity contribution in [3.63, 3.8) is 0 Å². The molecule has 0 radical (unpaired) electrons. The quantitative estimate of drug-likeness (QED) is 0.256. The Balaban J connectivity index is 2.25. The van der Waals surface area contributed by atoms with Gasteiger partial charge in [0.1, 0.15) is 17.4 Å². The first kappa shape index (κ1) is 18.8. The molecule has 1 aromatic heterocycles. The lowest BCUT2D eigenvalue weighted by atomic mass is 10.1. The summed E-state index contributed by atoms with van der Waals surface area (Å²) in [4.78, 5) is 12.2. The largest absolute Gasteiger partial charge is 0.595 e. The smallest absolute Gasteiger partial charge is 0.348 e. The highest BCUT2D eigenvalue weighted by atomic mass is 32.2. The zero-order valence-corrected chi connectivity index (χ0v) is 14.2. The zero-order chi connectivity index (χ0) is 18.2. The molecule has 2 N–H and O–H groups in total. The standard InChI is InChI=1S/C17H16N2O5S/c1-2-23-17(20)13(10-18)8-12-5-6-16(15(9-12)19(21)22)25-11-14-4-3-7-24-14/h3-9,19,21H,2,11H2,1H3/b13-8-. The summed E-state index contributed by atoms with van der Waals surface area (Å²) in [5.74, 6) is 0.492. The molecule has 7 nitrogen and oxygen atoms in total. The number of thioether (sulfide) groups is 1. The highest BCUT2D eigenvalue weighted by molar-refractivity contribution is 7.98. The van der Waals surface area contributed by atoms with Crippen LogP contribution in [0.3, 0.4) is 0 Å². The van der Waals surface area contributed by atoms with Crippen LogP contribution in [0.15, 0.2) is 51.5 Å². The summed E-state index contributed by atoms with van der Waals surface area (Å²) < 4.78 is 10.0. The van der Waals surface area contributed by atoms with Gasteiger partial charge in [-0.15, -0.1) is 11.8 Å². The molecular weight excluding hydrogens is 344 g/mol. The van der Waals surface area contributed by atoms with Crippen LogP contribution < -0.4 is 5.23 Å². The van der Waals surface area contributed by atoms with Crippen molar-refractivity contribution in [1.82, 2.24) is 0 Å². The SMILES string of the molecule is CCOC(=O)/C(C#N)=C\c1ccc(SCc2ccco2)c([NH+]([O-])O)c1. The van der Waals surface area contributed by atoms with E-state index in [1.165, 1.54) is 23.9 Å². The number of furan rings is 1. The lowest BCUT2D eigenvalue weighted by Crippen LogP contribution is -2.99. The normalized spacial score (nSPS) is 12.5. The van der Waals surface area contributed by atoms with Crippen LogP contribution in [-0.4, -0.2) is 17.8 Å². The molecule has 0 aliphatic carbocycles. The predicted octanol–water partition coefficient (Wildman–Crippen LogP) is 2.45. The minimum Gasteiger partial charge on any atom is -0.595 e. The molecule has 0 saturated carbocycles. The van der Waals surface area contributed by atoms with Crippen LogP contribution >= 0.6 is 11.8 Å². The highest BCUT2D eigenvalue weighted by Gasteiger charge is 2.14. The number of nitrogens with zero attached hydrogens (tertiary/aromatic N) is 1. The average molecular weight is 360 g/mol. The van der Waals surface area contributed by atoms with Crippen molar-refractivity contribution in [2.75, 3.05) is 6.61 Å². The molecule has 8 heteroatoms. The fraction of sp³-hybridized carbons (Fsp3) is 0.176. The van der Waals surface area contributed by atoms with E-state index in [2.05, 4.69) is 0 Å². The summed E-state index contributed by atoms with van der Waals surface area (Å²) in [6.07, 6.45) is 2.87. The van der Waals surface area contributed by atoms with Gasteiger partial charge in [0.05, 0.1) is 23.5 Å². The van der Waals surface area contributed by atoms with E-state index in [1.54, 1.807) is 37.5 Å². The maximum atomic E-state index is 11.7. The number of carbonyl (C=O) groups excluding carboxylic acids is 1. The van der Waals surface area contributed by atoms with Crippen molar-refractivity contribution in [3.8, 4) is 6.07 Å². The predicted molar refractivity (Wildman–Crippen MR) is 90.7 cm³/mol. The molecule has 2 rings (SSSR count). The first-order chi connectivity index (χ1) is 12.0. The van der Waals surface area contributed by atoms with Crippen LogP contribution in [0, 0.1) is 16.5 Å². The second-order valence-corrected chi connectivity index (χ2v) is 5.84. The first-order valence-electron chi connectivity index (χ1n) is 7.36. The Kier molecular flexibility index (Phi) is 6.80. The minimum atomic E-state index is -1.09. The summed E-state index contributed by atoms with van der Waals surface area (Å²) in [6, 6.07) is 10.0. The van der Waals surface area contributed by atoms with Crippen molar-refractivity contribution in [2.45, 2.75) is 17.6 Å². The summed E-state index contributed by atoms with van der Waals surface area (Å²) in [6.45, 7) is 1.79. The Morgan fingerprint density at radius 1 is 1.52 bits per heavy atom. The van der Waals surface area contributed by atoms with Crippen molar-refractivity contribution in [1.29, 1.82) is 5.26 Å². The van der Waals surface area contributed by atoms with Gasteiger partial charge < -0.3 is 14.4 Å². The molecule has 0 amide bonds. The van der Waals surface area contributed by atoms with Gasteiger partial charge in [-0.05, 0) is 36.8 Å². The fourth-order valence-corrected chi connectivity index (χ4v) is 2.91. The van der Waals surface area contributed by atoms with Gasteiger partial charge in [-0.25, -0.2) is 10.0 Å². The van der Waals surface area contributed by atoms with Gasteiger partial charge in [-0.2, -0.15) is 10.5 Å². The number of hydrogen-bond donors (Lipinski definition) is 2. The molecule has 25 heavy (non-hydrogen) atoms. The zero-order valence-electron chi connectivity index (χ0n) is 13.4. The lowest BCUT2D eigenvalue weighted by molar-refractivity contribution is -0.992. The molecule has 1 unspecified atom stereocenters. The van der Waals surface area contributed by atoms with E-state index in [0.717, 1.165) is 5.76 Å². The molecule has 1 atom stereocenters. The highest BCUT2D eigenvalue weighted by Crippen LogP contribution is 2.29.